The molecule has 3 amide bonds. The summed E-state index contributed by atoms with van der Waals surface area (Å²) in [4.78, 5) is 29.2. The lowest BCUT2D eigenvalue weighted by Gasteiger charge is -2.25. The number of fused-ring (bicyclic) bond motifs is 1. The number of carbonyl (C=O) groups excluding carboxylic acids is 2. The lowest BCUT2D eigenvalue weighted by atomic mass is 10.1. The van der Waals surface area contributed by atoms with Crippen LogP contribution in [0.15, 0.2) is 29.2 Å². The fourth-order valence-corrected chi connectivity index (χ4v) is 4.36. The van der Waals surface area contributed by atoms with Crippen molar-refractivity contribution in [2.75, 3.05) is 24.5 Å². The van der Waals surface area contributed by atoms with Crippen LogP contribution in [0, 0.1) is 0 Å². The standard InChI is InChI=1S/C18H25N3O2S/c1-13-9-12-20(14-7-4-5-8-15(14)24-13)10-6-11-21-16(22)18(2,3)19-17(21)23/h4-5,7-8,13H,6,9-12H2,1-3H3,(H,19,23)/t13-/m1/s1. The number of urea groups is 1. The highest BCUT2D eigenvalue weighted by Gasteiger charge is 2.43. The van der Waals surface area contributed by atoms with Gasteiger partial charge in [0.15, 0.2) is 0 Å². The van der Waals surface area contributed by atoms with Gasteiger partial charge >= 0.3 is 6.03 Å². The van der Waals surface area contributed by atoms with Crippen LogP contribution < -0.4 is 10.2 Å². The number of hydrogen-bond donors (Lipinski definition) is 1. The van der Waals surface area contributed by atoms with E-state index in [1.165, 1.54) is 15.5 Å². The van der Waals surface area contributed by atoms with Crippen molar-refractivity contribution in [2.45, 2.75) is 49.3 Å². The van der Waals surface area contributed by atoms with Gasteiger partial charge in [0.05, 0.1) is 5.69 Å². The zero-order valence-electron chi connectivity index (χ0n) is 14.5. The maximum absolute atomic E-state index is 12.2. The van der Waals surface area contributed by atoms with Crippen molar-refractivity contribution in [3.05, 3.63) is 24.3 Å². The van der Waals surface area contributed by atoms with Gasteiger partial charge in [-0.05, 0) is 38.8 Å². The van der Waals surface area contributed by atoms with Crippen LogP contribution in [0.3, 0.4) is 0 Å². The smallest absolute Gasteiger partial charge is 0.325 e. The molecular weight excluding hydrogens is 322 g/mol. The Kier molecular flexibility index (Phi) is 4.76. The maximum atomic E-state index is 12.2. The number of amides is 3. The number of carbonyl (C=O) groups is 2. The summed E-state index contributed by atoms with van der Waals surface area (Å²) >= 11 is 1.93. The van der Waals surface area contributed by atoms with Crippen LogP contribution in [0.25, 0.3) is 0 Å². The van der Waals surface area contributed by atoms with Crippen molar-refractivity contribution in [2.24, 2.45) is 0 Å². The minimum absolute atomic E-state index is 0.132. The molecule has 1 saturated heterocycles. The van der Waals surface area contributed by atoms with Crippen LogP contribution >= 0.6 is 11.8 Å². The highest BCUT2D eigenvalue weighted by atomic mass is 32.2. The Hall–Kier alpha value is -1.69. The van der Waals surface area contributed by atoms with Crippen molar-refractivity contribution in [3.63, 3.8) is 0 Å². The summed E-state index contributed by atoms with van der Waals surface area (Å²) in [6.07, 6.45) is 1.91. The number of rotatable bonds is 4. The highest BCUT2D eigenvalue weighted by molar-refractivity contribution is 8.00. The number of imide groups is 1. The molecule has 2 heterocycles. The second-order valence-corrected chi connectivity index (χ2v) is 8.52. The van der Waals surface area contributed by atoms with Gasteiger partial charge in [-0.15, -0.1) is 11.8 Å². The Labute approximate surface area is 147 Å². The molecule has 2 aliphatic heterocycles. The van der Waals surface area contributed by atoms with Crippen molar-refractivity contribution in [3.8, 4) is 0 Å². The van der Waals surface area contributed by atoms with Crippen LogP contribution in [0.4, 0.5) is 10.5 Å². The van der Waals surface area contributed by atoms with Gasteiger partial charge in [-0.1, -0.05) is 19.1 Å². The molecule has 1 aromatic rings. The molecular formula is C18H25N3O2S. The van der Waals surface area contributed by atoms with E-state index in [4.69, 9.17) is 0 Å². The molecule has 1 aromatic carbocycles. The number of hydrogen-bond acceptors (Lipinski definition) is 4. The Morgan fingerprint density at radius 2 is 2.00 bits per heavy atom. The van der Waals surface area contributed by atoms with E-state index in [-0.39, 0.29) is 11.9 Å². The topological polar surface area (TPSA) is 52.6 Å². The van der Waals surface area contributed by atoms with E-state index in [1.807, 2.05) is 11.8 Å². The lowest BCUT2D eigenvalue weighted by molar-refractivity contribution is -0.130. The van der Waals surface area contributed by atoms with Gasteiger partial charge in [-0.3, -0.25) is 9.69 Å². The van der Waals surface area contributed by atoms with Crippen LogP contribution in [0.1, 0.15) is 33.6 Å². The zero-order valence-corrected chi connectivity index (χ0v) is 15.4. The normalized spacial score (nSPS) is 23.0. The third-order valence-corrected chi connectivity index (χ3v) is 5.83. The number of thioether (sulfide) groups is 1. The van der Waals surface area contributed by atoms with Crippen LogP contribution in [-0.2, 0) is 4.79 Å². The summed E-state index contributed by atoms with van der Waals surface area (Å²) in [6, 6.07) is 8.22. The fourth-order valence-electron chi connectivity index (χ4n) is 3.22. The summed E-state index contributed by atoms with van der Waals surface area (Å²) in [5, 5.41) is 3.33. The second-order valence-electron chi connectivity index (χ2n) is 7.04. The molecule has 2 aliphatic rings. The molecule has 0 bridgehead atoms. The van der Waals surface area contributed by atoms with Crippen LogP contribution in [0.2, 0.25) is 0 Å². The van der Waals surface area contributed by atoms with Crippen molar-refractivity contribution >= 4 is 29.4 Å². The molecule has 1 atom stereocenters. The first kappa shape index (κ1) is 17.1. The Bertz CT molecular complexity index is 647. The van der Waals surface area contributed by atoms with E-state index in [9.17, 15) is 9.59 Å². The Morgan fingerprint density at radius 1 is 1.25 bits per heavy atom. The molecule has 0 aliphatic carbocycles. The maximum Gasteiger partial charge on any atom is 0.325 e. The van der Waals surface area contributed by atoms with Gasteiger partial charge in [0, 0.05) is 29.8 Å². The number of para-hydroxylation sites is 1. The molecule has 0 spiro atoms. The highest BCUT2D eigenvalue weighted by Crippen LogP contribution is 2.37. The summed E-state index contributed by atoms with van der Waals surface area (Å²) < 4.78 is 0. The van der Waals surface area contributed by atoms with Gasteiger partial charge in [0.1, 0.15) is 5.54 Å². The molecule has 1 N–H and O–H groups in total. The van der Waals surface area contributed by atoms with Gasteiger partial charge in [0.25, 0.3) is 5.91 Å². The average molecular weight is 347 g/mol. The zero-order chi connectivity index (χ0) is 17.3. The summed E-state index contributed by atoms with van der Waals surface area (Å²) in [5.41, 5.74) is 0.489. The first-order valence-electron chi connectivity index (χ1n) is 8.53. The quantitative estimate of drug-likeness (QED) is 0.851. The van der Waals surface area contributed by atoms with E-state index in [1.54, 1.807) is 13.8 Å². The van der Waals surface area contributed by atoms with E-state index in [0.717, 1.165) is 25.9 Å². The molecule has 6 heteroatoms. The van der Waals surface area contributed by atoms with Gasteiger partial charge < -0.3 is 10.2 Å². The van der Waals surface area contributed by atoms with Crippen molar-refractivity contribution in [1.29, 1.82) is 0 Å². The Morgan fingerprint density at radius 3 is 2.71 bits per heavy atom. The lowest BCUT2D eigenvalue weighted by Crippen LogP contribution is -2.40. The molecule has 130 valence electrons. The molecule has 0 unspecified atom stereocenters. The fraction of sp³-hybridized carbons (Fsp3) is 0.556. The summed E-state index contributed by atoms with van der Waals surface area (Å²) in [5.74, 6) is -0.132. The molecule has 0 saturated carbocycles. The largest absolute Gasteiger partial charge is 0.371 e. The van der Waals surface area contributed by atoms with E-state index < -0.39 is 5.54 Å². The number of nitrogens with zero attached hydrogens (tertiary/aromatic N) is 2. The first-order valence-corrected chi connectivity index (χ1v) is 9.41. The molecule has 1 fully saturated rings. The van der Waals surface area contributed by atoms with Crippen LogP contribution in [-0.4, -0.2) is 47.3 Å². The summed E-state index contributed by atoms with van der Waals surface area (Å²) in [7, 11) is 0. The molecule has 0 aromatic heterocycles. The minimum atomic E-state index is -0.779. The number of nitrogens with one attached hydrogen (secondary N) is 1. The van der Waals surface area contributed by atoms with Gasteiger partial charge in [-0.2, -0.15) is 0 Å². The molecule has 5 nitrogen and oxygen atoms in total. The predicted octanol–water partition coefficient (Wildman–Crippen LogP) is 3.10. The van der Waals surface area contributed by atoms with E-state index >= 15 is 0 Å². The van der Waals surface area contributed by atoms with Crippen molar-refractivity contribution < 1.29 is 9.59 Å². The molecule has 0 radical (unpaired) electrons. The third kappa shape index (κ3) is 3.38. The monoisotopic (exact) mass is 347 g/mol. The number of benzene rings is 1. The number of anilines is 1. The van der Waals surface area contributed by atoms with E-state index in [2.05, 4.69) is 41.4 Å². The van der Waals surface area contributed by atoms with Gasteiger partial charge in [-0.25, -0.2) is 4.79 Å². The van der Waals surface area contributed by atoms with Crippen LogP contribution in [0.5, 0.6) is 0 Å². The third-order valence-electron chi connectivity index (χ3n) is 4.59. The molecule has 24 heavy (non-hydrogen) atoms. The minimum Gasteiger partial charge on any atom is -0.371 e. The summed E-state index contributed by atoms with van der Waals surface area (Å²) in [6.45, 7) is 8.09. The van der Waals surface area contributed by atoms with Crippen molar-refractivity contribution in [1.82, 2.24) is 10.2 Å². The SMILES string of the molecule is C[C@@H]1CCN(CCCN2C(=O)NC(C)(C)C2=O)c2ccccc2S1. The average Bonchev–Trinajstić information content (AvgIpc) is 2.65. The van der Waals surface area contributed by atoms with E-state index in [0.29, 0.717) is 11.8 Å². The predicted molar refractivity (Wildman–Crippen MR) is 97.5 cm³/mol. The molecule has 3 rings (SSSR count). The Balaban J connectivity index is 1.63. The van der Waals surface area contributed by atoms with Gasteiger partial charge in [0.2, 0.25) is 0 Å². The first-order chi connectivity index (χ1) is 11.4. The second kappa shape index (κ2) is 6.67.